The predicted octanol–water partition coefficient (Wildman–Crippen LogP) is 3.44. The molecule has 0 aromatic carbocycles. The molecule has 0 saturated carbocycles. The molecule has 0 N–H and O–H groups in total. The van der Waals surface area contributed by atoms with Gasteiger partial charge in [0.1, 0.15) is 0 Å². The third-order valence-corrected chi connectivity index (χ3v) is 2.49. The third kappa shape index (κ3) is 3.80. The van der Waals surface area contributed by atoms with Crippen LogP contribution >= 0.6 is 11.6 Å². The lowest BCUT2D eigenvalue weighted by Gasteiger charge is -2.14. The molecule has 0 aromatic heterocycles. The van der Waals surface area contributed by atoms with Crippen molar-refractivity contribution >= 4 is 11.6 Å². The Hall–Kier alpha value is 0.290. The normalized spacial score (nSPS) is 17.3. The minimum absolute atomic E-state index is 0.393. The Kier molecular flexibility index (Phi) is 5.27. The molecule has 0 aliphatic heterocycles. The summed E-state index contributed by atoms with van der Waals surface area (Å²) in [4.78, 5) is 0. The van der Waals surface area contributed by atoms with Gasteiger partial charge in [0.25, 0.3) is 0 Å². The Morgan fingerprint density at radius 1 is 1.33 bits per heavy atom. The van der Waals surface area contributed by atoms with Crippen molar-refractivity contribution in [1.82, 2.24) is 0 Å². The molecule has 1 heteroatoms. The topological polar surface area (TPSA) is 0 Å². The van der Waals surface area contributed by atoms with Gasteiger partial charge in [-0.2, -0.15) is 0 Å². The van der Waals surface area contributed by atoms with Gasteiger partial charge in [0, 0.05) is 5.38 Å². The van der Waals surface area contributed by atoms with E-state index in [1.54, 1.807) is 0 Å². The maximum atomic E-state index is 5.99. The first kappa shape index (κ1) is 9.29. The summed E-state index contributed by atoms with van der Waals surface area (Å²) in [6, 6.07) is 0. The summed E-state index contributed by atoms with van der Waals surface area (Å²) >= 11 is 5.99. The minimum Gasteiger partial charge on any atom is -0.123 e. The fraction of sp³-hybridized carbons (Fsp3) is 1.00. The van der Waals surface area contributed by atoms with Gasteiger partial charge in [-0.3, -0.25) is 0 Å². The second kappa shape index (κ2) is 5.10. The SMILES string of the molecule is CCC[C@H](C)[C@H](Cl)CC. The summed E-state index contributed by atoms with van der Waals surface area (Å²) in [7, 11) is 0. The van der Waals surface area contributed by atoms with Crippen LogP contribution in [-0.2, 0) is 0 Å². The molecule has 0 unspecified atom stereocenters. The maximum Gasteiger partial charge on any atom is 0.0359 e. The zero-order chi connectivity index (χ0) is 7.28. The number of hydrogen-bond acceptors (Lipinski definition) is 0. The summed E-state index contributed by atoms with van der Waals surface area (Å²) in [5.41, 5.74) is 0. The van der Waals surface area contributed by atoms with Gasteiger partial charge in [0.05, 0.1) is 0 Å². The number of halogens is 1. The molecule has 0 spiro atoms. The number of alkyl halides is 1. The monoisotopic (exact) mass is 148 g/mol. The average molecular weight is 149 g/mol. The summed E-state index contributed by atoms with van der Waals surface area (Å²) in [5.74, 6) is 0.696. The zero-order valence-corrected chi connectivity index (χ0v) is 7.41. The van der Waals surface area contributed by atoms with Crippen molar-refractivity contribution < 1.29 is 0 Å². The lowest BCUT2D eigenvalue weighted by molar-refractivity contribution is 0.488. The largest absolute Gasteiger partial charge is 0.123 e. The van der Waals surface area contributed by atoms with E-state index in [1.807, 2.05) is 0 Å². The van der Waals surface area contributed by atoms with Crippen molar-refractivity contribution in [2.45, 2.75) is 45.4 Å². The first-order chi connectivity index (χ1) is 4.22. The van der Waals surface area contributed by atoms with Crippen molar-refractivity contribution in [3.05, 3.63) is 0 Å². The van der Waals surface area contributed by atoms with Crippen molar-refractivity contribution in [2.24, 2.45) is 5.92 Å². The molecule has 0 aromatic rings. The van der Waals surface area contributed by atoms with E-state index in [-0.39, 0.29) is 0 Å². The first-order valence-corrected chi connectivity index (χ1v) is 4.30. The average Bonchev–Trinajstić information content (AvgIpc) is 1.87. The van der Waals surface area contributed by atoms with Gasteiger partial charge in [-0.05, 0) is 18.8 Å². The Morgan fingerprint density at radius 2 is 1.89 bits per heavy atom. The van der Waals surface area contributed by atoms with Gasteiger partial charge < -0.3 is 0 Å². The molecule has 0 heterocycles. The molecule has 0 aliphatic rings. The van der Waals surface area contributed by atoms with Gasteiger partial charge in [0.15, 0.2) is 0 Å². The van der Waals surface area contributed by atoms with E-state index >= 15 is 0 Å². The minimum atomic E-state index is 0.393. The highest BCUT2D eigenvalue weighted by molar-refractivity contribution is 6.20. The van der Waals surface area contributed by atoms with Gasteiger partial charge in [0.2, 0.25) is 0 Å². The van der Waals surface area contributed by atoms with Crippen molar-refractivity contribution in [3.8, 4) is 0 Å². The Labute approximate surface area is 63.6 Å². The standard InChI is InChI=1S/C8H17Cl/c1-4-6-7(3)8(9)5-2/h7-8H,4-6H2,1-3H3/t7-,8+/m0/s1. The summed E-state index contributed by atoms with van der Waals surface area (Å²) in [6.45, 7) is 6.57. The quantitative estimate of drug-likeness (QED) is 0.536. The molecule has 0 amide bonds. The zero-order valence-electron chi connectivity index (χ0n) is 6.65. The first-order valence-electron chi connectivity index (χ1n) is 3.86. The Bertz CT molecular complexity index is 61.6. The molecule has 56 valence electrons. The predicted molar refractivity (Wildman–Crippen MR) is 44.0 cm³/mol. The maximum absolute atomic E-state index is 5.99. The molecule has 9 heavy (non-hydrogen) atoms. The van der Waals surface area contributed by atoms with Crippen LogP contribution in [0.25, 0.3) is 0 Å². The summed E-state index contributed by atoms with van der Waals surface area (Å²) in [6.07, 6.45) is 3.62. The molecule has 2 atom stereocenters. The van der Waals surface area contributed by atoms with Gasteiger partial charge in [-0.15, -0.1) is 11.6 Å². The van der Waals surface area contributed by atoms with E-state index < -0.39 is 0 Å². The molecule has 0 fully saturated rings. The van der Waals surface area contributed by atoms with Crippen LogP contribution in [0.5, 0.6) is 0 Å². The van der Waals surface area contributed by atoms with Gasteiger partial charge >= 0.3 is 0 Å². The lowest BCUT2D eigenvalue weighted by Crippen LogP contribution is -2.09. The second-order valence-electron chi connectivity index (χ2n) is 2.69. The molecule has 0 saturated heterocycles. The molecule has 0 rings (SSSR count). The third-order valence-electron chi connectivity index (χ3n) is 1.75. The highest BCUT2D eigenvalue weighted by atomic mass is 35.5. The summed E-state index contributed by atoms with van der Waals surface area (Å²) < 4.78 is 0. The van der Waals surface area contributed by atoms with Crippen LogP contribution in [0.15, 0.2) is 0 Å². The van der Waals surface area contributed by atoms with Crippen LogP contribution in [0.1, 0.15) is 40.0 Å². The van der Waals surface area contributed by atoms with Gasteiger partial charge in [-0.1, -0.05) is 27.2 Å². The lowest BCUT2D eigenvalue weighted by atomic mass is 10.0. The van der Waals surface area contributed by atoms with E-state index in [9.17, 15) is 0 Å². The highest BCUT2D eigenvalue weighted by Gasteiger charge is 2.09. The van der Waals surface area contributed by atoms with Crippen molar-refractivity contribution in [2.75, 3.05) is 0 Å². The highest BCUT2D eigenvalue weighted by Crippen LogP contribution is 2.18. The van der Waals surface area contributed by atoms with E-state index in [1.165, 1.54) is 12.8 Å². The molecule has 0 aliphatic carbocycles. The molecular weight excluding hydrogens is 132 g/mol. The van der Waals surface area contributed by atoms with Gasteiger partial charge in [-0.25, -0.2) is 0 Å². The van der Waals surface area contributed by atoms with E-state index in [4.69, 9.17) is 11.6 Å². The van der Waals surface area contributed by atoms with Crippen molar-refractivity contribution in [3.63, 3.8) is 0 Å². The van der Waals surface area contributed by atoms with Crippen LogP contribution in [0.3, 0.4) is 0 Å². The fourth-order valence-corrected chi connectivity index (χ4v) is 1.16. The van der Waals surface area contributed by atoms with Crippen LogP contribution < -0.4 is 0 Å². The molecule has 0 radical (unpaired) electrons. The van der Waals surface area contributed by atoms with E-state index in [0.717, 1.165) is 6.42 Å². The van der Waals surface area contributed by atoms with E-state index in [2.05, 4.69) is 20.8 Å². The van der Waals surface area contributed by atoms with Crippen LogP contribution in [0, 0.1) is 5.92 Å². The summed E-state index contributed by atoms with van der Waals surface area (Å²) in [5, 5.41) is 0.393. The van der Waals surface area contributed by atoms with Crippen LogP contribution in [-0.4, -0.2) is 5.38 Å². The van der Waals surface area contributed by atoms with Crippen LogP contribution in [0.2, 0.25) is 0 Å². The van der Waals surface area contributed by atoms with Crippen LogP contribution in [0.4, 0.5) is 0 Å². The smallest absolute Gasteiger partial charge is 0.0359 e. The number of rotatable bonds is 4. The Balaban J connectivity index is 3.32. The second-order valence-corrected chi connectivity index (χ2v) is 3.25. The molecule has 0 nitrogen and oxygen atoms in total. The van der Waals surface area contributed by atoms with E-state index in [0.29, 0.717) is 11.3 Å². The van der Waals surface area contributed by atoms with Crippen molar-refractivity contribution in [1.29, 1.82) is 0 Å². The molecular formula is C8H17Cl. The fourth-order valence-electron chi connectivity index (χ4n) is 1.04. The number of hydrogen-bond donors (Lipinski definition) is 0. The molecule has 0 bridgehead atoms. The Morgan fingerprint density at radius 3 is 2.22 bits per heavy atom.